The number of nitrogens with zero attached hydrogens (tertiary/aromatic N) is 1. The smallest absolute Gasteiger partial charge is 0.340 e. The van der Waals surface area contributed by atoms with E-state index in [-0.39, 0.29) is 27.8 Å². The molecular weight excluding hydrogens is 460 g/mol. The zero-order valence-electron chi connectivity index (χ0n) is 19.8. The molecule has 2 aromatic rings. The van der Waals surface area contributed by atoms with Crippen LogP contribution in [0.2, 0.25) is 0 Å². The van der Waals surface area contributed by atoms with E-state index < -0.39 is 21.9 Å². The molecule has 0 aromatic heterocycles. The predicted octanol–water partition coefficient (Wildman–Crippen LogP) is 3.70. The van der Waals surface area contributed by atoms with E-state index in [4.69, 9.17) is 14.2 Å². The van der Waals surface area contributed by atoms with Crippen molar-refractivity contribution in [1.29, 1.82) is 0 Å². The first-order valence-electron chi connectivity index (χ1n) is 11.0. The van der Waals surface area contributed by atoms with Gasteiger partial charge in [0.1, 0.15) is 0 Å². The molecule has 1 saturated carbocycles. The Morgan fingerprint density at radius 1 is 0.941 bits per heavy atom. The van der Waals surface area contributed by atoms with Gasteiger partial charge in [-0.15, -0.1) is 0 Å². The molecule has 0 heterocycles. The first kappa shape index (κ1) is 25.5. The summed E-state index contributed by atoms with van der Waals surface area (Å²) >= 11 is 0. The van der Waals surface area contributed by atoms with E-state index in [9.17, 15) is 18.0 Å². The highest BCUT2D eigenvalue weighted by atomic mass is 32.2. The minimum atomic E-state index is -3.67. The fraction of sp³-hybridized carbons (Fsp3) is 0.417. The maximum absolute atomic E-state index is 13.0. The van der Waals surface area contributed by atoms with Gasteiger partial charge < -0.3 is 19.5 Å². The van der Waals surface area contributed by atoms with Gasteiger partial charge in [-0.3, -0.25) is 4.79 Å². The van der Waals surface area contributed by atoms with Gasteiger partial charge in [-0.2, -0.15) is 4.31 Å². The molecule has 1 fully saturated rings. The average molecular weight is 491 g/mol. The third kappa shape index (κ3) is 5.34. The molecule has 1 N–H and O–H groups in total. The molecular formula is C24H30N2O7S. The Bertz CT molecular complexity index is 1140. The Balaban J connectivity index is 1.83. The minimum Gasteiger partial charge on any atom is -0.493 e. The molecule has 0 radical (unpaired) electrons. The molecule has 0 bridgehead atoms. The summed E-state index contributed by atoms with van der Waals surface area (Å²) in [6.45, 7) is 0. The van der Waals surface area contributed by atoms with Crippen molar-refractivity contribution >= 4 is 27.6 Å². The van der Waals surface area contributed by atoms with Crippen LogP contribution in [0.25, 0.3) is 0 Å². The number of carbonyl (C=O) groups excluding carboxylic acids is 2. The van der Waals surface area contributed by atoms with Crippen molar-refractivity contribution in [2.24, 2.45) is 0 Å². The second kappa shape index (κ2) is 10.9. The van der Waals surface area contributed by atoms with Crippen LogP contribution < -0.4 is 14.8 Å². The van der Waals surface area contributed by atoms with Gasteiger partial charge in [0.2, 0.25) is 10.0 Å². The average Bonchev–Trinajstić information content (AvgIpc) is 2.87. The van der Waals surface area contributed by atoms with Crippen LogP contribution in [0.1, 0.15) is 52.8 Å². The molecule has 1 aliphatic rings. The number of sulfonamides is 1. The SMILES string of the molecule is COC(=O)c1cc(OC)c(OC)cc1NC(=O)c1ccc(S(=O)(=O)N(C)C2CCCCC2)cc1. The van der Waals surface area contributed by atoms with Crippen LogP contribution in [0.4, 0.5) is 5.69 Å². The Labute approximate surface area is 200 Å². The molecule has 10 heteroatoms. The molecule has 3 rings (SSSR count). The lowest BCUT2D eigenvalue weighted by atomic mass is 9.96. The van der Waals surface area contributed by atoms with Gasteiger partial charge in [0.25, 0.3) is 5.91 Å². The monoisotopic (exact) mass is 490 g/mol. The lowest BCUT2D eigenvalue weighted by molar-refractivity contribution is 0.0601. The Hall–Kier alpha value is -3.11. The number of anilines is 1. The van der Waals surface area contributed by atoms with Crippen LogP contribution in [-0.2, 0) is 14.8 Å². The lowest BCUT2D eigenvalue weighted by Crippen LogP contribution is -2.38. The first-order chi connectivity index (χ1) is 16.2. The number of amides is 1. The number of methoxy groups -OCH3 is 3. The molecule has 1 amide bonds. The van der Waals surface area contributed by atoms with Gasteiger partial charge in [-0.1, -0.05) is 19.3 Å². The Kier molecular flexibility index (Phi) is 8.16. The van der Waals surface area contributed by atoms with Crippen molar-refractivity contribution in [2.45, 2.75) is 43.0 Å². The normalized spacial score (nSPS) is 14.5. The van der Waals surface area contributed by atoms with Gasteiger partial charge in [-0.05, 0) is 37.1 Å². The molecule has 0 spiro atoms. The fourth-order valence-electron chi connectivity index (χ4n) is 4.04. The number of nitrogens with one attached hydrogen (secondary N) is 1. The van der Waals surface area contributed by atoms with E-state index in [0.717, 1.165) is 32.1 Å². The zero-order chi connectivity index (χ0) is 24.9. The predicted molar refractivity (Wildman–Crippen MR) is 127 cm³/mol. The maximum Gasteiger partial charge on any atom is 0.340 e. The van der Waals surface area contributed by atoms with E-state index in [0.29, 0.717) is 11.5 Å². The van der Waals surface area contributed by atoms with Gasteiger partial charge in [0.05, 0.1) is 37.5 Å². The summed E-state index contributed by atoms with van der Waals surface area (Å²) in [5.74, 6) is -0.569. The number of hydrogen-bond donors (Lipinski definition) is 1. The van der Waals surface area contributed by atoms with Gasteiger partial charge in [-0.25, -0.2) is 13.2 Å². The fourth-order valence-corrected chi connectivity index (χ4v) is 5.46. The van der Waals surface area contributed by atoms with Gasteiger partial charge in [0, 0.05) is 30.8 Å². The highest BCUT2D eigenvalue weighted by molar-refractivity contribution is 7.89. The summed E-state index contributed by atoms with van der Waals surface area (Å²) in [7, 11) is 2.04. The molecule has 0 saturated heterocycles. The van der Waals surface area contributed by atoms with Crippen LogP contribution in [0.15, 0.2) is 41.3 Å². The number of rotatable bonds is 8. The van der Waals surface area contributed by atoms with Gasteiger partial charge >= 0.3 is 5.97 Å². The Morgan fingerprint density at radius 2 is 1.53 bits per heavy atom. The van der Waals surface area contributed by atoms with Crippen molar-refractivity contribution < 1.29 is 32.2 Å². The van der Waals surface area contributed by atoms with E-state index in [1.54, 1.807) is 7.05 Å². The van der Waals surface area contributed by atoms with E-state index in [2.05, 4.69) is 5.32 Å². The summed E-state index contributed by atoms with van der Waals surface area (Å²) in [6, 6.07) is 8.57. The second-order valence-corrected chi connectivity index (χ2v) is 10.0. The summed E-state index contributed by atoms with van der Waals surface area (Å²) in [5, 5.41) is 2.67. The highest BCUT2D eigenvalue weighted by Crippen LogP contribution is 2.34. The van der Waals surface area contributed by atoms with Crippen molar-refractivity contribution in [3.63, 3.8) is 0 Å². The standard InChI is InChI=1S/C24H30N2O7S/c1-26(17-8-6-5-7-9-17)34(29,30)18-12-10-16(11-13-18)23(27)25-20-15-22(32-3)21(31-2)14-19(20)24(28)33-4/h10-15,17H,5-9H2,1-4H3,(H,25,27). The lowest BCUT2D eigenvalue weighted by Gasteiger charge is -2.30. The molecule has 2 aromatic carbocycles. The van der Waals surface area contributed by atoms with Crippen LogP contribution >= 0.6 is 0 Å². The van der Waals surface area contributed by atoms with E-state index in [1.165, 1.54) is 62.0 Å². The number of ether oxygens (including phenoxy) is 3. The van der Waals surface area contributed by atoms with Gasteiger partial charge in [0.15, 0.2) is 11.5 Å². The summed E-state index contributed by atoms with van der Waals surface area (Å²) < 4.78 is 42.8. The van der Waals surface area contributed by atoms with Crippen molar-refractivity contribution in [3.8, 4) is 11.5 Å². The summed E-state index contributed by atoms with van der Waals surface area (Å²) in [4.78, 5) is 25.2. The largest absolute Gasteiger partial charge is 0.493 e. The minimum absolute atomic E-state index is 0.0106. The number of benzene rings is 2. The van der Waals surface area contributed by atoms with Crippen molar-refractivity contribution in [2.75, 3.05) is 33.7 Å². The topological polar surface area (TPSA) is 111 Å². The second-order valence-electron chi connectivity index (χ2n) is 8.04. The molecule has 9 nitrogen and oxygen atoms in total. The van der Waals surface area contributed by atoms with E-state index in [1.807, 2.05) is 0 Å². The molecule has 0 atom stereocenters. The maximum atomic E-state index is 13.0. The molecule has 34 heavy (non-hydrogen) atoms. The van der Waals surface area contributed by atoms with Crippen LogP contribution in [0.5, 0.6) is 11.5 Å². The molecule has 0 aliphatic heterocycles. The van der Waals surface area contributed by atoms with Crippen molar-refractivity contribution in [3.05, 3.63) is 47.5 Å². The number of carbonyl (C=O) groups is 2. The molecule has 1 aliphatic carbocycles. The van der Waals surface area contributed by atoms with Crippen LogP contribution in [-0.4, -0.2) is 59.0 Å². The highest BCUT2D eigenvalue weighted by Gasteiger charge is 2.29. The van der Waals surface area contributed by atoms with E-state index >= 15 is 0 Å². The molecule has 0 unspecified atom stereocenters. The number of hydrogen-bond acceptors (Lipinski definition) is 7. The Morgan fingerprint density at radius 3 is 2.09 bits per heavy atom. The van der Waals surface area contributed by atoms with Crippen LogP contribution in [0, 0.1) is 0 Å². The van der Waals surface area contributed by atoms with Crippen LogP contribution in [0.3, 0.4) is 0 Å². The number of esters is 1. The molecule has 184 valence electrons. The first-order valence-corrected chi connectivity index (χ1v) is 12.4. The summed E-state index contributed by atoms with van der Waals surface area (Å²) in [6.07, 6.45) is 4.88. The zero-order valence-corrected chi connectivity index (χ0v) is 20.6. The third-order valence-corrected chi connectivity index (χ3v) is 7.98. The third-order valence-electron chi connectivity index (χ3n) is 6.06. The van der Waals surface area contributed by atoms with Crippen molar-refractivity contribution in [1.82, 2.24) is 4.31 Å². The summed E-state index contributed by atoms with van der Waals surface area (Å²) in [5.41, 5.74) is 0.481. The quantitative estimate of drug-likeness (QED) is 0.562.